The van der Waals surface area contributed by atoms with E-state index in [0.717, 1.165) is 37.5 Å². The maximum absolute atomic E-state index is 13.2. The maximum Gasteiger partial charge on any atom is 0.254 e. The van der Waals surface area contributed by atoms with Crippen molar-refractivity contribution < 1.29 is 13.6 Å². The van der Waals surface area contributed by atoms with Crippen molar-refractivity contribution in [1.82, 2.24) is 4.90 Å². The van der Waals surface area contributed by atoms with Crippen LogP contribution in [0.4, 0.5) is 8.78 Å². The smallest absolute Gasteiger partial charge is 0.254 e. The van der Waals surface area contributed by atoms with Crippen LogP contribution in [0.15, 0.2) is 18.2 Å². The van der Waals surface area contributed by atoms with Crippen molar-refractivity contribution in [2.75, 3.05) is 13.1 Å². The van der Waals surface area contributed by atoms with Crippen molar-refractivity contribution >= 4 is 5.91 Å². The van der Waals surface area contributed by atoms with Gasteiger partial charge in [0.1, 0.15) is 11.6 Å². The van der Waals surface area contributed by atoms with Gasteiger partial charge in [-0.3, -0.25) is 4.79 Å². The molecule has 20 heavy (non-hydrogen) atoms. The van der Waals surface area contributed by atoms with Crippen molar-refractivity contribution in [3.8, 4) is 0 Å². The first-order chi connectivity index (χ1) is 9.54. The normalized spacial score (nSPS) is 29.4. The second-order valence-corrected chi connectivity index (χ2v) is 5.89. The van der Waals surface area contributed by atoms with Crippen LogP contribution in [-0.2, 0) is 0 Å². The van der Waals surface area contributed by atoms with Crippen LogP contribution in [0.3, 0.4) is 0 Å². The van der Waals surface area contributed by atoms with E-state index in [-0.39, 0.29) is 17.5 Å². The van der Waals surface area contributed by atoms with E-state index < -0.39 is 11.6 Å². The highest BCUT2D eigenvalue weighted by molar-refractivity contribution is 5.94. The lowest BCUT2D eigenvalue weighted by atomic mass is 9.78. The van der Waals surface area contributed by atoms with Gasteiger partial charge in [0.25, 0.3) is 5.91 Å². The summed E-state index contributed by atoms with van der Waals surface area (Å²) >= 11 is 0. The molecule has 0 spiro atoms. The first kappa shape index (κ1) is 13.5. The first-order valence-electron chi connectivity index (χ1n) is 7.05. The molecule has 0 aromatic heterocycles. The van der Waals surface area contributed by atoms with Crippen molar-refractivity contribution in [1.29, 1.82) is 0 Å². The van der Waals surface area contributed by atoms with Gasteiger partial charge in [-0.2, -0.15) is 0 Å². The van der Waals surface area contributed by atoms with Crippen LogP contribution in [0, 0.1) is 23.5 Å². The Kier molecular flexibility index (Phi) is 3.46. The predicted molar refractivity (Wildman–Crippen MR) is 71.1 cm³/mol. The van der Waals surface area contributed by atoms with Gasteiger partial charge >= 0.3 is 0 Å². The lowest BCUT2D eigenvalue weighted by Crippen LogP contribution is -2.38. The molecule has 2 N–H and O–H groups in total. The van der Waals surface area contributed by atoms with Gasteiger partial charge in [-0.25, -0.2) is 8.78 Å². The summed E-state index contributed by atoms with van der Waals surface area (Å²) in [5, 5.41) is 0. The van der Waals surface area contributed by atoms with Crippen molar-refractivity contribution in [3.63, 3.8) is 0 Å². The SMILES string of the molecule is NC1CCCC2CN(C(=O)c3cc(F)cc(F)c3)CC12. The van der Waals surface area contributed by atoms with E-state index in [9.17, 15) is 13.6 Å². The third-order valence-electron chi connectivity index (χ3n) is 4.55. The van der Waals surface area contributed by atoms with Crippen LogP contribution >= 0.6 is 0 Å². The molecule has 1 heterocycles. The molecular weight excluding hydrogens is 262 g/mol. The number of likely N-dealkylation sites (tertiary alicyclic amines) is 1. The Morgan fingerprint density at radius 1 is 1.15 bits per heavy atom. The quantitative estimate of drug-likeness (QED) is 0.857. The Bertz CT molecular complexity index is 514. The fourth-order valence-corrected chi connectivity index (χ4v) is 3.54. The zero-order chi connectivity index (χ0) is 14.3. The molecule has 3 unspecified atom stereocenters. The molecule has 0 bridgehead atoms. The molecule has 1 amide bonds. The summed E-state index contributed by atoms with van der Waals surface area (Å²) in [5.74, 6) is -0.986. The highest BCUT2D eigenvalue weighted by atomic mass is 19.1. The summed E-state index contributed by atoms with van der Waals surface area (Å²) in [6, 6.07) is 3.09. The summed E-state index contributed by atoms with van der Waals surface area (Å²) < 4.78 is 26.4. The number of benzene rings is 1. The highest BCUT2D eigenvalue weighted by Gasteiger charge is 2.40. The Morgan fingerprint density at radius 3 is 2.50 bits per heavy atom. The molecule has 3 nitrogen and oxygen atoms in total. The fraction of sp³-hybridized carbons (Fsp3) is 0.533. The molecule has 5 heteroatoms. The largest absolute Gasteiger partial charge is 0.338 e. The van der Waals surface area contributed by atoms with Gasteiger partial charge in [0.2, 0.25) is 0 Å². The van der Waals surface area contributed by atoms with E-state index in [1.165, 1.54) is 0 Å². The van der Waals surface area contributed by atoms with E-state index in [1.807, 2.05) is 0 Å². The van der Waals surface area contributed by atoms with Gasteiger partial charge in [-0.15, -0.1) is 0 Å². The number of carbonyl (C=O) groups is 1. The van der Waals surface area contributed by atoms with Crippen molar-refractivity contribution in [2.45, 2.75) is 25.3 Å². The maximum atomic E-state index is 13.2. The summed E-state index contributed by atoms with van der Waals surface area (Å²) in [7, 11) is 0. The van der Waals surface area contributed by atoms with Crippen LogP contribution in [-0.4, -0.2) is 29.9 Å². The number of hydrogen-bond acceptors (Lipinski definition) is 2. The van der Waals surface area contributed by atoms with Crippen LogP contribution in [0.5, 0.6) is 0 Å². The third kappa shape index (κ3) is 2.42. The van der Waals surface area contributed by atoms with Gasteiger partial charge in [-0.1, -0.05) is 6.42 Å². The van der Waals surface area contributed by atoms with Crippen LogP contribution < -0.4 is 5.73 Å². The molecule has 1 aliphatic heterocycles. The molecule has 1 aromatic carbocycles. The summed E-state index contributed by atoms with van der Waals surface area (Å²) in [6.45, 7) is 1.25. The molecule has 3 atom stereocenters. The Balaban J connectivity index is 1.78. The summed E-state index contributed by atoms with van der Waals surface area (Å²) in [6.07, 6.45) is 3.18. The van der Waals surface area contributed by atoms with E-state index in [1.54, 1.807) is 4.90 Å². The molecule has 3 rings (SSSR count). The monoisotopic (exact) mass is 280 g/mol. The molecule has 1 saturated carbocycles. The zero-order valence-electron chi connectivity index (χ0n) is 11.2. The van der Waals surface area contributed by atoms with Crippen LogP contribution in [0.1, 0.15) is 29.6 Å². The topological polar surface area (TPSA) is 46.3 Å². The van der Waals surface area contributed by atoms with E-state index in [2.05, 4.69) is 0 Å². The number of halogens is 2. The minimum Gasteiger partial charge on any atom is -0.338 e. The number of carbonyl (C=O) groups excluding carboxylic acids is 1. The highest BCUT2D eigenvalue weighted by Crippen LogP contribution is 2.36. The molecule has 2 aliphatic rings. The number of fused-ring (bicyclic) bond motifs is 1. The van der Waals surface area contributed by atoms with E-state index in [4.69, 9.17) is 5.73 Å². The molecular formula is C15H18F2N2O. The van der Waals surface area contributed by atoms with Crippen molar-refractivity contribution in [3.05, 3.63) is 35.4 Å². The molecule has 108 valence electrons. The minimum absolute atomic E-state index is 0.0784. The average molecular weight is 280 g/mol. The molecule has 1 aliphatic carbocycles. The number of amides is 1. The number of nitrogens with zero attached hydrogens (tertiary/aromatic N) is 1. The van der Waals surface area contributed by atoms with Crippen LogP contribution in [0.2, 0.25) is 0 Å². The lowest BCUT2D eigenvalue weighted by Gasteiger charge is -2.29. The fourth-order valence-electron chi connectivity index (χ4n) is 3.54. The second-order valence-electron chi connectivity index (χ2n) is 5.89. The van der Waals surface area contributed by atoms with Crippen molar-refractivity contribution in [2.24, 2.45) is 17.6 Å². The molecule has 2 fully saturated rings. The standard InChI is InChI=1S/C15H18F2N2O/c16-11-4-10(5-12(17)6-11)15(20)19-7-9-2-1-3-14(18)13(9)8-19/h4-6,9,13-14H,1-3,7-8,18H2. The zero-order valence-corrected chi connectivity index (χ0v) is 11.2. The minimum atomic E-state index is -0.721. The number of nitrogens with two attached hydrogens (primary N) is 1. The Morgan fingerprint density at radius 2 is 1.85 bits per heavy atom. The molecule has 0 radical (unpaired) electrons. The first-order valence-corrected chi connectivity index (χ1v) is 7.05. The van der Waals surface area contributed by atoms with Gasteiger partial charge < -0.3 is 10.6 Å². The summed E-state index contributed by atoms with van der Waals surface area (Å²) in [4.78, 5) is 14.0. The third-order valence-corrected chi connectivity index (χ3v) is 4.55. The van der Waals surface area contributed by atoms with Gasteiger partial charge in [-0.05, 0) is 36.8 Å². The van der Waals surface area contributed by atoms with Gasteiger partial charge in [0, 0.05) is 30.8 Å². The van der Waals surface area contributed by atoms with E-state index in [0.29, 0.717) is 24.9 Å². The summed E-state index contributed by atoms with van der Waals surface area (Å²) in [5.41, 5.74) is 6.19. The predicted octanol–water partition coefficient (Wildman–Crippen LogP) is 2.16. The van der Waals surface area contributed by atoms with Gasteiger partial charge in [0.15, 0.2) is 0 Å². The number of rotatable bonds is 1. The Hall–Kier alpha value is -1.49. The Labute approximate surface area is 116 Å². The molecule has 1 aromatic rings. The van der Waals surface area contributed by atoms with Crippen LogP contribution in [0.25, 0.3) is 0 Å². The second kappa shape index (κ2) is 5.13. The van der Waals surface area contributed by atoms with E-state index >= 15 is 0 Å². The number of hydrogen-bond donors (Lipinski definition) is 1. The molecule has 1 saturated heterocycles. The lowest BCUT2D eigenvalue weighted by molar-refractivity contribution is 0.0782. The van der Waals surface area contributed by atoms with Gasteiger partial charge in [0.05, 0.1) is 0 Å². The average Bonchev–Trinajstić information content (AvgIpc) is 2.82.